The third-order valence-electron chi connectivity index (χ3n) is 3.44. The fourth-order valence-corrected chi connectivity index (χ4v) is 2.28. The second kappa shape index (κ2) is 7.33. The first kappa shape index (κ1) is 14.9. The Bertz CT molecular complexity index is 497. The molecule has 0 spiro atoms. The van der Waals surface area contributed by atoms with Crippen LogP contribution in [0.4, 0.5) is 0 Å². The van der Waals surface area contributed by atoms with Crippen LogP contribution in [0.3, 0.4) is 0 Å². The molecule has 0 heterocycles. The number of benzene rings is 1. The molecule has 0 aromatic heterocycles. The van der Waals surface area contributed by atoms with Crippen molar-refractivity contribution < 1.29 is 9.84 Å². The quantitative estimate of drug-likeness (QED) is 0.807. The third kappa shape index (κ3) is 4.56. The van der Waals surface area contributed by atoms with Crippen molar-refractivity contribution in [3.05, 3.63) is 29.3 Å². The lowest BCUT2D eigenvalue weighted by molar-refractivity contribution is 0.305. The fourth-order valence-electron chi connectivity index (χ4n) is 2.28. The van der Waals surface area contributed by atoms with Gasteiger partial charge in [0.05, 0.1) is 19.3 Å². The number of ether oxygens (including phenoxy) is 1. The Balaban J connectivity index is 2.05. The molecule has 3 heteroatoms. The first-order chi connectivity index (χ1) is 9.72. The monoisotopic (exact) mass is 273 g/mol. The van der Waals surface area contributed by atoms with Gasteiger partial charge in [-0.1, -0.05) is 17.9 Å². The molecule has 0 amide bonds. The highest BCUT2D eigenvalue weighted by atomic mass is 16.5. The van der Waals surface area contributed by atoms with Gasteiger partial charge < -0.3 is 14.7 Å². The molecule has 108 valence electrons. The summed E-state index contributed by atoms with van der Waals surface area (Å²) in [6.07, 6.45) is 3.25. The van der Waals surface area contributed by atoms with Crippen LogP contribution in [-0.4, -0.2) is 37.3 Å². The van der Waals surface area contributed by atoms with Crippen molar-refractivity contribution in [2.45, 2.75) is 25.8 Å². The number of methoxy groups -OCH3 is 1. The summed E-state index contributed by atoms with van der Waals surface area (Å²) in [5.41, 5.74) is 2.15. The van der Waals surface area contributed by atoms with Crippen molar-refractivity contribution in [2.75, 3.05) is 27.3 Å². The Labute approximate surface area is 121 Å². The van der Waals surface area contributed by atoms with Gasteiger partial charge in [-0.15, -0.1) is 0 Å². The molecule has 0 bridgehead atoms. The van der Waals surface area contributed by atoms with Crippen LogP contribution < -0.4 is 4.74 Å². The van der Waals surface area contributed by atoms with Gasteiger partial charge in [0.15, 0.2) is 0 Å². The van der Waals surface area contributed by atoms with E-state index in [0.717, 1.165) is 23.8 Å². The van der Waals surface area contributed by atoms with Crippen LogP contribution in [0, 0.1) is 17.8 Å². The van der Waals surface area contributed by atoms with Gasteiger partial charge in [-0.25, -0.2) is 0 Å². The topological polar surface area (TPSA) is 32.7 Å². The van der Waals surface area contributed by atoms with Gasteiger partial charge >= 0.3 is 0 Å². The summed E-state index contributed by atoms with van der Waals surface area (Å²) in [5.74, 6) is 7.73. The van der Waals surface area contributed by atoms with E-state index in [0.29, 0.717) is 6.42 Å². The van der Waals surface area contributed by atoms with E-state index in [1.807, 2.05) is 6.07 Å². The van der Waals surface area contributed by atoms with Crippen LogP contribution >= 0.6 is 0 Å². The molecule has 0 aliphatic heterocycles. The van der Waals surface area contributed by atoms with E-state index < -0.39 is 0 Å². The number of aliphatic hydroxyl groups is 1. The van der Waals surface area contributed by atoms with Gasteiger partial charge in [0.25, 0.3) is 0 Å². The zero-order valence-corrected chi connectivity index (χ0v) is 12.4. The molecule has 2 rings (SSSR count). The molecule has 0 unspecified atom stereocenters. The van der Waals surface area contributed by atoms with Gasteiger partial charge in [0.2, 0.25) is 0 Å². The standard InChI is InChI=1S/C17H23NO2/c1-18(12-14-6-7-14)13-15-8-9-17(20-2)16(11-15)5-3-4-10-19/h8-9,11,14,19H,4,6-7,10,12-13H2,1-2H3. The lowest BCUT2D eigenvalue weighted by Crippen LogP contribution is -2.20. The molecule has 1 aromatic carbocycles. The summed E-state index contributed by atoms with van der Waals surface area (Å²) >= 11 is 0. The molecule has 0 atom stereocenters. The summed E-state index contributed by atoms with van der Waals surface area (Å²) in [6.45, 7) is 2.21. The molecular weight excluding hydrogens is 250 g/mol. The lowest BCUT2D eigenvalue weighted by Gasteiger charge is -2.16. The molecule has 1 fully saturated rings. The SMILES string of the molecule is COc1ccc(CN(C)CC2CC2)cc1C#CCCO. The summed E-state index contributed by atoms with van der Waals surface area (Å²) < 4.78 is 5.33. The van der Waals surface area contributed by atoms with E-state index in [-0.39, 0.29) is 6.61 Å². The summed E-state index contributed by atoms with van der Waals surface area (Å²) in [5, 5.41) is 8.79. The first-order valence-electron chi connectivity index (χ1n) is 7.18. The van der Waals surface area contributed by atoms with Gasteiger partial charge in [-0.2, -0.15) is 0 Å². The molecule has 1 N–H and O–H groups in total. The number of rotatable bonds is 6. The van der Waals surface area contributed by atoms with Gasteiger partial charge in [0, 0.05) is 19.5 Å². The predicted octanol–water partition coefficient (Wildman–Crippen LogP) is 2.27. The van der Waals surface area contributed by atoms with Gasteiger partial charge in [-0.3, -0.25) is 0 Å². The van der Waals surface area contributed by atoms with E-state index in [1.165, 1.54) is 24.9 Å². The van der Waals surface area contributed by atoms with Crippen LogP contribution in [0.5, 0.6) is 5.75 Å². The minimum atomic E-state index is 0.0964. The maximum Gasteiger partial charge on any atom is 0.134 e. The number of hydrogen-bond acceptors (Lipinski definition) is 3. The molecular formula is C17H23NO2. The molecule has 1 aliphatic carbocycles. The minimum Gasteiger partial charge on any atom is -0.495 e. The van der Waals surface area contributed by atoms with Crippen molar-refractivity contribution >= 4 is 0 Å². The molecule has 0 radical (unpaired) electrons. The number of aliphatic hydroxyl groups excluding tert-OH is 1. The van der Waals surface area contributed by atoms with Crippen molar-refractivity contribution in [2.24, 2.45) is 5.92 Å². The average molecular weight is 273 g/mol. The number of hydrogen-bond donors (Lipinski definition) is 1. The number of nitrogens with zero attached hydrogens (tertiary/aromatic N) is 1. The summed E-state index contributed by atoms with van der Waals surface area (Å²) in [7, 11) is 3.82. The van der Waals surface area contributed by atoms with E-state index in [2.05, 4.69) is 35.9 Å². The second-order valence-electron chi connectivity index (χ2n) is 5.45. The van der Waals surface area contributed by atoms with Crippen molar-refractivity contribution in [3.8, 4) is 17.6 Å². The van der Waals surface area contributed by atoms with E-state index in [4.69, 9.17) is 9.84 Å². The second-order valence-corrected chi connectivity index (χ2v) is 5.45. The smallest absolute Gasteiger partial charge is 0.134 e. The normalized spacial score (nSPS) is 14.0. The van der Waals surface area contributed by atoms with Crippen LogP contribution in [0.2, 0.25) is 0 Å². The van der Waals surface area contributed by atoms with E-state index in [9.17, 15) is 0 Å². The van der Waals surface area contributed by atoms with Crippen LogP contribution in [0.25, 0.3) is 0 Å². The largest absolute Gasteiger partial charge is 0.495 e. The highest BCUT2D eigenvalue weighted by Gasteiger charge is 2.22. The summed E-state index contributed by atoms with van der Waals surface area (Å²) in [4.78, 5) is 2.37. The molecule has 1 aliphatic rings. The predicted molar refractivity (Wildman–Crippen MR) is 80.6 cm³/mol. The zero-order valence-electron chi connectivity index (χ0n) is 12.4. The van der Waals surface area contributed by atoms with Crippen molar-refractivity contribution in [1.82, 2.24) is 4.90 Å². The Morgan fingerprint density at radius 3 is 2.85 bits per heavy atom. The lowest BCUT2D eigenvalue weighted by atomic mass is 10.1. The van der Waals surface area contributed by atoms with Crippen LogP contribution in [0.1, 0.15) is 30.4 Å². The molecule has 20 heavy (non-hydrogen) atoms. The fraction of sp³-hybridized carbons (Fsp3) is 0.529. The first-order valence-corrected chi connectivity index (χ1v) is 7.18. The molecule has 1 aromatic rings. The maximum absolute atomic E-state index is 8.79. The zero-order chi connectivity index (χ0) is 14.4. The Kier molecular flexibility index (Phi) is 5.46. The van der Waals surface area contributed by atoms with Crippen LogP contribution in [0.15, 0.2) is 18.2 Å². The van der Waals surface area contributed by atoms with Crippen molar-refractivity contribution in [1.29, 1.82) is 0 Å². The van der Waals surface area contributed by atoms with Gasteiger partial charge in [-0.05, 0) is 43.5 Å². The molecule has 0 saturated heterocycles. The highest BCUT2D eigenvalue weighted by molar-refractivity contribution is 5.48. The maximum atomic E-state index is 8.79. The highest BCUT2D eigenvalue weighted by Crippen LogP contribution is 2.29. The van der Waals surface area contributed by atoms with Crippen molar-refractivity contribution in [3.63, 3.8) is 0 Å². The molecule has 3 nitrogen and oxygen atoms in total. The summed E-state index contributed by atoms with van der Waals surface area (Å²) in [6, 6.07) is 6.16. The average Bonchev–Trinajstić information content (AvgIpc) is 3.23. The Hall–Kier alpha value is -1.50. The van der Waals surface area contributed by atoms with E-state index in [1.54, 1.807) is 7.11 Å². The van der Waals surface area contributed by atoms with Crippen LogP contribution in [-0.2, 0) is 6.54 Å². The van der Waals surface area contributed by atoms with Gasteiger partial charge in [0.1, 0.15) is 5.75 Å². The van der Waals surface area contributed by atoms with E-state index >= 15 is 0 Å². The minimum absolute atomic E-state index is 0.0964. The molecule has 1 saturated carbocycles. The Morgan fingerprint density at radius 1 is 1.40 bits per heavy atom. The Morgan fingerprint density at radius 2 is 2.20 bits per heavy atom. The third-order valence-corrected chi connectivity index (χ3v) is 3.44.